The lowest BCUT2D eigenvalue weighted by Gasteiger charge is -2.39. The Labute approximate surface area is 212 Å². The minimum absolute atomic E-state index is 0.0717. The Bertz CT molecular complexity index is 857. The highest BCUT2D eigenvalue weighted by Crippen LogP contribution is 2.41. The molecule has 0 bridgehead atoms. The first-order valence-corrected chi connectivity index (χ1v) is 12.5. The van der Waals surface area contributed by atoms with Crippen LogP contribution >= 0.6 is 23.8 Å². The Morgan fingerprint density at radius 1 is 1.32 bits per heavy atom. The molecule has 8 nitrogen and oxygen atoms in total. The van der Waals surface area contributed by atoms with Gasteiger partial charge in [0.1, 0.15) is 18.3 Å². The van der Waals surface area contributed by atoms with E-state index in [2.05, 4.69) is 12.2 Å². The van der Waals surface area contributed by atoms with E-state index in [1.54, 1.807) is 26.2 Å². The van der Waals surface area contributed by atoms with E-state index < -0.39 is 36.4 Å². The molecule has 2 fully saturated rings. The molecule has 0 aromatic heterocycles. The molecule has 2 saturated heterocycles. The summed E-state index contributed by atoms with van der Waals surface area (Å²) < 4.78 is 29.5. The van der Waals surface area contributed by atoms with Gasteiger partial charge in [0.25, 0.3) is 0 Å². The maximum Gasteiger partial charge on any atom is 0.307 e. The predicted octanol–water partition coefficient (Wildman–Crippen LogP) is 4.35. The second kappa shape index (κ2) is 12.0. The highest BCUT2D eigenvalue weighted by atomic mass is 35.5. The number of nitrogens with zero attached hydrogens (tertiary/aromatic N) is 1. The van der Waals surface area contributed by atoms with E-state index in [0.29, 0.717) is 16.7 Å². The van der Waals surface area contributed by atoms with E-state index in [1.165, 1.54) is 0 Å². The summed E-state index contributed by atoms with van der Waals surface area (Å²) in [4.78, 5) is 14.7. The first-order chi connectivity index (χ1) is 16.2. The lowest BCUT2D eigenvalue weighted by molar-refractivity contribution is -0.223. The highest BCUT2D eigenvalue weighted by molar-refractivity contribution is 7.80. The normalized spacial score (nSPS) is 26.1. The first kappa shape index (κ1) is 27.1. The van der Waals surface area contributed by atoms with E-state index in [0.717, 1.165) is 18.5 Å². The van der Waals surface area contributed by atoms with Crippen LogP contribution in [0.25, 0.3) is 0 Å². The summed E-state index contributed by atoms with van der Waals surface area (Å²) in [7, 11) is 1.61. The molecular weight excluding hydrogens is 480 g/mol. The fraction of sp³-hybridized carbons (Fsp3) is 0.667. The van der Waals surface area contributed by atoms with Crippen molar-refractivity contribution in [2.24, 2.45) is 0 Å². The number of unbranched alkanes of at least 4 members (excludes halogenated alkanes) is 1. The first-order valence-electron chi connectivity index (χ1n) is 11.7. The Morgan fingerprint density at radius 3 is 2.74 bits per heavy atom. The minimum atomic E-state index is -0.779. The van der Waals surface area contributed by atoms with Crippen molar-refractivity contribution < 1.29 is 28.5 Å². The number of thiocarbonyl (C=S) groups is 1. The fourth-order valence-corrected chi connectivity index (χ4v) is 4.92. The summed E-state index contributed by atoms with van der Waals surface area (Å²) in [5.41, 5.74) is 0.759. The van der Waals surface area contributed by atoms with Crippen LogP contribution in [-0.2, 0) is 28.5 Å². The van der Waals surface area contributed by atoms with Crippen molar-refractivity contribution in [3.8, 4) is 0 Å². The lowest BCUT2D eigenvalue weighted by atomic mass is 9.98. The van der Waals surface area contributed by atoms with Gasteiger partial charge in [0, 0.05) is 24.4 Å². The number of ether oxygens (including phenoxy) is 5. The summed E-state index contributed by atoms with van der Waals surface area (Å²) in [5.74, 6) is -1.11. The fourth-order valence-electron chi connectivity index (χ4n) is 4.38. The smallest absolute Gasteiger partial charge is 0.307 e. The molecule has 0 amide bonds. The van der Waals surface area contributed by atoms with Gasteiger partial charge in [-0.1, -0.05) is 31.0 Å². The number of fused-ring (bicyclic) bond motifs is 1. The third kappa shape index (κ3) is 6.59. The number of carbonyl (C=O) groups is 1. The number of halogens is 1. The maximum absolute atomic E-state index is 12.7. The van der Waals surface area contributed by atoms with Gasteiger partial charge in [0.15, 0.2) is 17.2 Å². The molecule has 5 atom stereocenters. The Hall–Kier alpha value is -1.49. The number of hydrogen-bond donors (Lipinski definition) is 1. The van der Waals surface area contributed by atoms with Gasteiger partial charge in [-0.15, -0.1) is 0 Å². The number of nitrogens with one attached hydrogen (secondary N) is 1. The third-order valence-electron chi connectivity index (χ3n) is 5.85. The van der Waals surface area contributed by atoms with E-state index in [1.807, 2.05) is 30.9 Å². The van der Waals surface area contributed by atoms with Crippen LogP contribution in [0.2, 0.25) is 5.02 Å². The van der Waals surface area contributed by atoms with Crippen LogP contribution in [-0.4, -0.2) is 72.7 Å². The standard InChI is InChI=1S/C24H35ClN2O6S/c1-6-8-12-27(23(34)26-16-11-9-10-15(25)13-16)17(14-18(28)30-7-2)19-20(29-5)21-22(31-19)33-24(3,4)32-21/h9-11,13,17,19-22H,6-8,12,14H2,1-5H3,(H,26,34)/t17?,19-,20+,21-,22-/m1/s1. The monoisotopic (exact) mass is 514 g/mol. The molecule has 0 aliphatic carbocycles. The lowest BCUT2D eigenvalue weighted by Crippen LogP contribution is -2.54. The largest absolute Gasteiger partial charge is 0.466 e. The predicted molar refractivity (Wildman–Crippen MR) is 134 cm³/mol. The molecule has 2 aliphatic heterocycles. The summed E-state index contributed by atoms with van der Waals surface area (Å²) in [6, 6.07) is 6.86. The third-order valence-corrected chi connectivity index (χ3v) is 6.42. The van der Waals surface area contributed by atoms with Crippen LogP contribution < -0.4 is 5.32 Å². The molecule has 2 aliphatic rings. The van der Waals surface area contributed by atoms with Crippen molar-refractivity contribution in [2.75, 3.05) is 25.6 Å². The molecular formula is C24H35ClN2O6S. The van der Waals surface area contributed by atoms with Gasteiger partial charge in [0.05, 0.1) is 19.1 Å². The Balaban J connectivity index is 1.90. The molecule has 34 heavy (non-hydrogen) atoms. The Kier molecular flexibility index (Phi) is 9.54. The van der Waals surface area contributed by atoms with Crippen LogP contribution in [0.15, 0.2) is 24.3 Å². The van der Waals surface area contributed by atoms with Crippen molar-refractivity contribution in [1.82, 2.24) is 4.90 Å². The second-order valence-electron chi connectivity index (χ2n) is 8.83. The molecule has 3 rings (SSSR count). The molecule has 1 aromatic rings. The number of anilines is 1. The van der Waals surface area contributed by atoms with Crippen LogP contribution in [0, 0.1) is 0 Å². The number of methoxy groups -OCH3 is 1. The Morgan fingerprint density at radius 2 is 2.09 bits per heavy atom. The van der Waals surface area contributed by atoms with Gasteiger partial charge in [-0.3, -0.25) is 4.79 Å². The number of rotatable bonds is 10. The molecule has 1 aromatic carbocycles. The maximum atomic E-state index is 12.7. The highest BCUT2D eigenvalue weighted by Gasteiger charge is 2.58. The molecule has 0 saturated carbocycles. The van der Waals surface area contributed by atoms with Gasteiger partial charge in [-0.2, -0.15) is 0 Å². The molecule has 0 radical (unpaired) electrons. The molecule has 1 N–H and O–H groups in total. The number of carbonyl (C=O) groups excluding carboxylic acids is 1. The minimum Gasteiger partial charge on any atom is -0.466 e. The zero-order valence-corrected chi connectivity index (χ0v) is 22.0. The van der Waals surface area contributed by atoms with Gasteiger partial charge in [-0.25, -0.2) is 0 Å². The summed E-state index contributed by atoms with van der Waals surface area (Å²) >= 11 is 12.0. The number of esters is 1. The topological polar surface area (TPSA) is 78.5 Å². The van der Waals surface area contributed by atoms with Crippen molar-refractivity contribution in [2.45, 2.75) is 83.4 Å². The van der Waals surface area contributed by atoms with E-state index in [9.17, 15) is 4.79 Å². The second-order valence-corrected chi connectivity index (χ2v) is 9.66. The molecule has 2 heterocycles. The average molecular weight is 515 g/mol. The van der Waals surface area contributed by atoms with Crippen LogP contribution in [0.3, 0.4) is 0 Å². The number of hydrogen-bond acceptors (Lipinski definition) is 7. The van der Waals surface area contributed by atoms with Crippen molar-refractivity contribution >= 4 is 40.6 Å². The van der Waals surface area contributed by atoms with Gasteiger partial charge in [-0.05, 0) is 57.6 Å². The van der Waals surface area contributed by atoms with Crippen LogP contribution in [0.4, 0.5) is 5.69 Å². The molecule has 0 spiro atoms. The summed E-state index contributed by atoms with van der Waals surface area (Å²) in [6.07, 6.45) is -0.112. The summed E-state index contributed by atoms with van der Waals surface area (Å²) in [6.45, 7) is 8.46. The number of benzene rings is 1. The molecule has 10 heteroatoms. The molecule has 1 unspecified atom stereocenters. The van der Waals surface area contributed by atoms with Crippen molar-refractivity contribution in [1.29, 1.82) is 0 Å². The van der Waals surface area contributed by atoms with E-state index >= 15 is 0 Å². The zero-order valence-electron chi connectivity index (χ0n) is 20.4. The summed E-state index contributed by atoms with van der Waals surface area (Å²) in [5, 5.41) is 4.32. The zero-order chi connectivity index (χ0) is 24.9. The van der Waals surface area contributed by atoms with E-state index in [-0.39, 0.29) is 19.0 Å². The SMILES string of the molecule is CCCCN(C(=S)Nc1cccc(Cl)c1)C(CC(=O)OCC)[C@H]1O[C@@H]2OC(C)(C)O[C@@H]2[C@H]1OC. The van der Waals surface area contributed by atoms with Gasteiger partial charge in [0.2, 0.25) is 0 Å². The molecule has 190 valence electrons. The van der Waals surface area contributed by atoms with Crippen LogP contribution in [0.5, 0.6) is 0 Å². The van der Waals surface area contributed by atoms with Crippen LogP contribution in [0.1, 0.15) is 47.0 Å². The van der Waals surface area contributed by atoms with Gasteiger partial charge < -0.3 is 33.9 Å². The van der Waals surface area contributed by atoms with E-state index in [4.69, 9.17) is 47.5 Å². The average Bonchev–Trinajstić information content (AvgIpc) is 3.24. The van der Waals surface area contributed by atoms with Gasteiger partial charge >= 0.3 is 5.97 Å². The van der Waals surface area contributed by atoms with Crippen molar-refractivity contribution in [3.63, 3.8) is 0 Å². The quantitative estimate of drug-likeness (QED) is 0.362. The van der Waals surface area contributed by atoms with Crippen molar-refractivity contribution in [3.05, 3.63) is 29.3 Å².